The molecule has 0 radical (unpaired) electrons. The fourth-order valence-electron chi connectivity index (χ4n) is 1.63. The molecule has 2 rings (SSSR count). The Morgan fingerprint density at radius 3 is 2.44 bits per heavy atom. The lowest BCUT2D eigenvalue weighted by atomic mass is 10.1. The van der Waals surface area contributed by atoms with Gasteiger partial charge < -0.3 is 4.74 Å². The van der Waals surface area contributed by atoms with Crippen molar-refractivity contribution in [3.05, 3.63) is 29.3 Å². The summed E-state index contributed by atoms with van der Waals surface area (Å²) >= 11 is 0. The third kappa shape index (κ3) is 2.73. The fourth-order valence-corrected chi connectivity index (χ4v) is 1.63. The SMILES string of the molecule is Cc1ccc(OCC2CC2(F)F)c(C(F)(F)F)c1. The maximum atomic E-state index is 12.7. The van der Waals surface area contributed by atoms with E-state index in [2.05, 4.69) is 0 Å². The molecule has 0 saturated heterocycles. The van der Waals surface area contributed by atoms with Crippen molar-refractivity contribution in [1.29, 1.82) is 0 Å². The van der Waals surface area contributed by atoms with Crippen LogP contribution in [-0.2, 0) is 6.18 Å². The van der Waals surface area contributed by atoms with Crippen LogP contribution in [0, 0.1) is 12.8 Å². The van der Waals surface area contributed by atoms with E-state index in [1.165, 1.54) is 19.1 Å². The number of rotatable bonds is 3. The second-order valence-corrected chi connectivity index (χ2v) is 4.47. The van der Waals surface area contributed by atoms with Gasteiger partial charge in [0, 0.05) is 6.42 Å². The molecule has 100 valence electrons. The van der Waals surface area contributed by atoms with Crippen molar-refractivity contribution >= 4 is 0 Å². The Labute approximate surface area is 101 Å². The van der Waals surface area contributed by atoms with Gasteiger partial charge in [-0.25, -0.2) is 8.78 Å². The third-order valence-corrected chi connectivity index (χ3v) is 2.84. The summed E-state index contributed by atoms with van der Waals surface area (Å²) in [6.45, 7) is 1.13. The number of halogens is 5. The molecule has 0 heterocycles. The second-order valence-electron chi connectivity index (χ2n) is 4.47. The molecule has 0 aliphatic heterocycles. The Morgan fingerprint density at radius 1 is 1.33 bits per heavy atom. The smallest absolute Gasteiger partial charge is 0.419 e. The predicted octanol–water partition coefficient (Wildman–Crippen LogP) is 4.05. The van der Waals surface area contributed by atoms with Crippen molar-refractivity contribution in [2.45, 2.75) is 25.4 Å². The van der Waals surface area contributed by atoms with Crippen molar-refractivity contribution in [2.24, 2.45) is 5.92 Å². The largest absolute Gasteiger partial charge is 0.492 e. The molecule has 0 bridgehead atoms. The van der Waals surface area contributed by atoms with Crippen LogP contribution in [-0.4, -0.2) is 12.5 Å². The van der Waals surface area contributed by atoms with Crippen LogP contribution in [0.15, 0.2) is 18.2 Å². The molecule has 1 aliphatic carbocycles. The molecule has 0 spiro atoms. The van der Waals surface area contributed by atoms with Gasteiger partial charge in [0.2, 0.25) is 0 Å². The van der Waals surface area contributed by atoms with Crippen molar-refractivity contribution in [2.75, 3.05) is 6.61 Å². The van der Waals surface area contributed by atoms with E-state index in [1.807, 2.05) is 0 Å². The lowest BCUT2D eigenvalue weighted by Gasteiger charge is -2.14. The van der Waals surface area contributed by atoms with E-state index in [4.69, 9.17) is 4.74 Å². The summed E-state index contributed by atoms with van der Waals surface area (Å²) in [6.07, 6.45) is -4.87. The zero-order chi connectivity index (χ0) is 13.6. The Bertz CT molecular complexity index is 452. The molecular weight excluding hydrogens is 255 g/mol. The van der Waals surface area contributed by atoms with Gasteiger partial charge in [-0.1, -0.05) is 11.6 Å². The average molecular weight is 266 g/mol. The highest BCUT2D eigenvalue weighted by Crippen LogP contribution is 2.49. The number of benzene rings is 1. The Hall–Kier alpha value is -1.33. The zero-order valence-electron chi connectivity index (χ0n) is 9.52. The number of ether oxygens (including phenoxy) is 1. The van der Waals surface area contributed by atoms with E-state index in [0.29, 0.717) is 5.56 Å². The van der Waals surface area contributed by atoms with E-state index in [1.54, 1.807) is 0 Å². The summed E-state index contributed by atoms with van der Waals surface area (Å²) in [5.41, 5.74) is -0.488. The first-order valence-electron chi connectivity index (χ1n) is 5.38. The summed E-state index contributed by atoms with van der Waals surface area (Å²) < 4.78 is 68.1. The normalized spacial score (nSPS) is 21.8. The van der Waals surface area contributed by atoms with Gasteiger partial charge in [0.15, 0.2) is 0 Å². The molecule has 18 heavy (non-hydrogen) atoms. The maximum Gasteiger partial charge on any atom is 0.419 e. The predicted molar refractivity (Wildman–Crippen MR) is 54.7 cm³/mol. The zero-order valence-corrected chi connectivity index (χ0v) is 9.52. The van der Waals surface area contributed by atoms with Crippen LogP contribution in [0.25, 0.3) is 0 Å². The molecule has 1 aromatic carbocycles. The highest BCUT2D eigenvalue weighted by atomic mass is 19.4. The summed E-state index contributed by atoms with van der Waals surface area (Å²) in [5, 5.41) is 0. The molecule has 0 N–H and O–H groups in total. The summed E-state index contributed by atoms with van der Waals surface area (Å²) in [7, 11) is 0. The summed E-state index contributed by atoms with van der Waals surface area (Å²) in [5.74, 6) is -4.15. The van der Waals surface area contributed by atoms with Crippen LogP contribution in [0.4, 0.5) is 22.0 Å². The van der Waals surface area contributed by atoms with Gasteiger partial charge in [0.1, 0.15) is 5.75 Å². The fraction of sp³-hybridized carbons (Fsp3) is 0.500. The van der Waals surface area contributed by atoms with Crippen molar-refractivity contribution in [1.82, 2.24) is 0 Å². The van der Waals surface area contributed by atoms with Crippen LogP contribution in [0.2, 0.25) is 0 Å². The molecule has 0 amide bonds. The van der Waals surface area contributed by atoms with Crippen LogP contribution < -0.4 is 4.74 Å². The second kappa shape index (κ2) is 4.10. The van der Waals surface area contributed by atoms with Crippen LogP contribution >= 0.6 is 0 Å². The lowest BCUT2D eigenvalue weighted by molar-refractivity contribution is -0.139. The molecule has 1 fully saturated rings. The molecule has 1 aromatic rings. The molecule has 6 heteroatoms. The average Bonchev–Trinajstić information content (AvgIpc) is 2.83. The van der Waals surface area contributed by atoms with Gasteiger partial charge in [-0.3, -0.25) is 0 Å². The van der Waals surface area contributed by atoms with E-state index >= 15 is 0 Å². The summed E-state index contributed by atoms with van der Waals surface area (Å²) in [4.78, 5) is 0. The van der Waals surface area contributed by atoms with Crippen LogP contribution in [0.3, 0.4) is 0 Å². The molecule has 1 atom stereocenters. The highest BCUT2D eigenvalue weighted by molar-refractivity contribution is 5.39. The lowest BCUT2D eigenvalue weighted by Crippen LogP contribution is -2.12. The van der Waals surface area contributed by atoms with E-state index in [-0.39, 0.29) is 13.0 Å². The molecule has 0 aromatic heterocycles. The van der Waals surface area contributed by atoms with Gasteiger partial charge in [0.05, 0.1) is 18.1 Å². The van der Waals surface area contributed by atoms with Crippen LogP contribution in [0.1, 0.15) is 17.5 Å². The highest BCUT2D eigenvalue weighted by Gasteiger charge is 2.57. The minimum atomic E-state index is -4.55. The number of alkyl halides is 5. The number of hydrogen-bond acceptors (Lipinski definition) is 1. The maximum absolute atomic E-state index is 12.7. The first-order valence-corrected chi connectivity index (χ1v) is 5.38. The van der Waals surface area contributed by atoms with Gasteiger partial charge >= 0.3 is 6.18 Å². The number of hydrogen-bond donors (Lipinski definition) is 0. The first kappa shape index (κ1) is 13.1. The van der Waals surface area contributed by atoms with Crippen molar-refractivity contribution in [3.63, 3.8) is 0 Å². The standard InChI is InChI=1S/C12H11F5O/c1-7-2-3-10(9(4-7)12(15,16)17)18-6-8-5-11(8,13)14/h2-4,8H,5-6H2,1H3. The van der Waals surface area contributed by atoms with E-state index in [9.17, 15) is 22.0 Å². The van der Waals surface area contributed by atoms with Crippen molar-refractivity contribution < 1.29 is 26.7 Å². The Kier molecular flexibility index (Phi) is 2.99. The minimum absolute atomic E-state index is 0.319. The minimum Gasteiger partial charge on any atom is -0.492 e. The van der Waals surface area contributed by atoms with Gasteiger partial charge in [-0.05, 0) is 19.1 Å². The Balaban J connectivity index is 2.12. The van der Waals surface area contributed by atoms with Crippen molar-refractivity contribution in [3.8, 4) is 5.75 Å². The quantitative estimate of drug-likeness (QED) is 0.750. The van der Waals surface area contributed by atoms with Crippen LogP contribution in [0.5, 0.6) is 5.75 Å². The number of aryl methyl sites for hydroxylation is 1. The van der Waals surface area contributed by atoms with Gasteiger partial charge in [-0.2, -0.15) is 13.2 Å². The van der Waals surface area contributed by atoms with Gasteiger partial charge in [-0.15, -0.1) is 0 Å². The topological polar surface area (TPSA) is 9.23 Å². The molecule has 1 unspecified atom stereocenters. The van der Waals surface area contributed by atoms with Gasteiger partial charge in [0.25, 0.3) is 5.92 Å². The molecule has 1 aliphatic rings. The first-order chi connectivity index (χ1) is 8.20. The Morgan fingerprint density at radius 2 is 1.94 bits per heavy atom. The van der Waals surface area contributed by atoms with E-state index in [0.717, 1.165) is 6.07 Å². The van der Waals surface area contributed by atoms with E-state index < -0.39 is 29.3 Å². The third-order valence-electron chi connectivity index (χ3n) is 2.84. The molecular formula is C12H11F5O. The summed E-state index contributed by atoms with van der Waals surface area (Å²) in [6, 6.07) is 3.56. The molecule has 1 nitrogen and oxygen atoms in total. The monoisotopic (exact) mass is 266 g/mol. The molecule has 1 saturated carbocycles.